The van der Waals surface area contributed by atoms with Gasteiger partial charge in [0, 0.05) is 36.1 Å². The first-order chi connectivity index (χ1) is 9.56. The maximum absolute atomic E-state index is 6.07. The Bertz CT molecular complexity index is 579. The van der Waals surface area contributed by atoms with Crippen LogP contribution < -0.4 is 10.1 Å². The molecule has 3 nitrogen and oxygen atoms in total. The van der Waals surface area contributed by atoms with E-state index in [2.05, 4.69) is 37.1 Å². The lowest BCUT2D eigenvalue weighted by Gasteiger charge is -2.15. The van der Waals surface area contributed by atoms with Gasteiger partial charge in [-0.25, -0.2) is 0 Å². The van der Waals surface area contributed by atoms with E-state index in [1.807, 2.05) is 37.4 Å². The van der Waals surface area contributed by atoms with Gasteiger partial charge in [0.1, 0.15) is 11.5 Å². The van der Waals surface area contributed by atoms with Crippen LogP contribution >= 0.6 is 0 Å². The van der Waals surface area contributed by atoms with Crippen molar-refractivity contribution in [2.45, 2.75) is 40.3 Å². The van der Waals surface area contributed by atoms with Gasteiger partial charge in [-0.1, -0.05) is 32.0 Å². The number of hydrogen-bond acceptors (Lipinski definition) is 3. The normalized spacial score (nSPS) is 10.8. The second kappa shape index (κ2) is 6.53. The molecule has 0 amide bonds. The van der Waals surface area contributed by atoms with Crippen LogP contribution in [-0.2, 0) is 6.54 Å². The molecule has 1 N–H and O–H groups in total. The standard InChI is InChI=1S/C17H22N2O/c1-12(2)18-10-15-11-19-14(4)9-17(15)20-16-8-6-5-7-13(16)3/h5-9,11-12,18H,10H2,1-4H3. The summed E-state index contributed by atoms with van der Waals surface area (Å²) in [6, 6.07) is 10.5. The highest BCUT2D eigenvalue weighted by Crippen LogP contribution is 2.28. The van der Waals surface area contributed by atoms with E-state index in [9.17, 15) is 0 Å². The van der Waals surface area contributed by atoms with Crippen LogP contribution in [-0.4, -0.2) is 11.0 Å². The van der Waals surface area contributed by atoms with Crippen molar-refractivity contribution in [1.29, 1.82) is 0 Å². The molecule has 0 spiro atoms. The minimum atomic E-state index is 0.433. The summed E-state index contributed by atoms with van der Waals surface area (Å²) in [5.74, 6) is 1.77. The molecule has 1 heterocycles. The fourth-order valence-electron chi connectivity index (χ4n) is 1.89. The summed E-state index contributed by atoms with van der Waals surface area (Å²) in [6.07, 6.45) is 1.89. The molecule has 1 aromatic heterocycles. The molecular weight excluding hydrogens is 248 g/mol. The van der Waals surface area contributed by atoms with Gasteiger partial charge in [-0.05, 0) is 25.5 Å². The molecule has 1 aromatic carbocycles. The Morgan fingerprint density at radius 3 is 2.60 bits per heavy atom. The van der Waals surface area contributed by atoms with Crippen molar-refractivity contribution < 1.29 is 4.74 Å². The fraction of sp³-hybridized carbons (Fsp3) is 0.353. The molecule has 0 bridgehead atoms. The van der Waals surface area contributed by atoms with Gasteiger partial charge in [-0.15, -0.1) is 0 Å². The summed E-state index contributed by atoms with van der Waals surface area (Å²) in [6.45, 7) is 9.04. The van der Waals surface area contributed by atoms with Gasteiger partial charge in [-0.2, -0.15) is 0 Å². The van der Waals surface area contributed by atoms with Crippen molar-refractivity contribution in [2.24, 2.45) is 0 Å². The number of rotatable bonds is 5. The van der Waals surface area contributed by atoms with Crippen LogP contribution in [0.3, 0.4) is 0 Å². The van der Waals surface area contributed by atoms with Crippen molar-refractivity contribution in [3.05, 3.63) is 53.3 Å². The second-order valence-corrected chi connectivity index (χ2v) is 5.34. The van der Waals surface area contributed by atoms with Crippen LogP contribution in [0.15, 0.2) is 36.5 Å². The van der Waals surface area contributed by atoms with Gasteiger partial charge in [-0.3, -0.25) is 4.98 Å². The van der Waals surface area contributed by atoms with Crippen LogP contribution in [0.2, 0.25) is 0 Å². The Hall–Kier alpha value is -1.87. The highest BCUT2D eigenvalue weighted by atomic mass is 16.5. The molecule has 0 saturated heterocycles. The van der Waals surface area contributed by atoms with Crippen molar-refractivity contribution in [3.8, 4) is 11.5 Å². The third-order valence-electron chi connectivity index (χ3n) is 3.09. The zero-order chi connectivity index (χ0) is 14.5. The molecule has 0 unspecified atom stereocenters. The Balaban J connectivity index is 2.25. The summed E-state index contributed by atoms with van der Waals surface area (Å²) >= 11 is 0. The number of hydrogen-bond donors (Lipinski definition) is 1. The van der Waals surface area contributed by atoms with E-state index in [0.29, 0.717) is 6.04 Å². The molecule has 2 aromatic rings. The molecule has 2 rings (SSSR count). The second-order valence-electron chi connectivity index (χ2n) is 5.34. The SMILES string of the molecule is Cc1cc(Oc2ccccc2C)c(CNC(C)C)cn1. The van der Waals surface area contributed by atoms with E-state index in [0.717, 1.165) is 34.9 Å². The first kappa shape index (κ1) is 14.5. The summed E-state index contributed by atoms with van der Waals surface area (Å²) in [4.78, 5) is 4.36. The molecule has 0 radical (unpaired) electrons. The van der Waals surface area contributed by atoms with E-state index in [1.165, 1.54) is 0 Å². The lowest BCUT2D eigenvalue weighted by molar-refractivity contribution is 0.464. The zero-order valence-electron chi connectivity index (χ0n) is 12.6. The van der Waals surface area contributed by atoms with Crippen molar-refractivity contribution in [1.82, 2.24) is 10.3 Å². The Morgan fingerprint density at radius 2 is 1.90 bits per heavy atom. The number of nitrogens with one attached hydrogen (secondary N) is 1. The fourth-order valence-corrected chi connectivity index (χ4v) is 1.89. The lowest BCUT2D eigenvalue weighted by atomic mass is 10.2. The number of nitrogens with zero attached hydrogens (tertiary/aromatic N) is 1. The van der Waals surface area contributed by atoms with E-state index in [1.54, 1.807) is 0 Å². The van der Waals surface area contributed by atoms with Gasteiger partial charge in [0.15, 0.2) is 0 Å². The average Bonchev–Trinajstić information content (AvgIpc) is 2.40. The summed E-state index contributed by atoms with van der Waals surface area (Å²) in [5.41, 5.74) is 3.17. The van der Waals surface area contributed by atoms with Crippen molar-refractivity contribution in [2.75, 3.05) is 0 Å². The highest BCUT2D eigenvalue weighted by Gasteiger charge is 2.08. The number of benzene rings is 1. The summed E-state index contributed by atoms with van der Waals surface area (Å²) < 4.78 is 6.07. The molecule has 20 heavy (non-hydrogen) atoms. The quantitative estimate of drug-likeness (QED) is 0.892. The van der Waals surface area contributed by atoms with E-state index in [4.69, 9.17) is 4.74 Å². The van der Waals surface area contributed by atoms with Crippen LogP contribution in [0.5, 0.6) is 11.5 Å². The Morgan fingerprint density at radius 1 is 1.15 bits per heavy atom. The van der Waals surface area contributed by atoms with E-state index in [-0.39, 0.29) is 0 Å². The molecule has 0 aliphatic carbocycles. The Kier molecular flexibility index (Phi) is 4.74. The van der Waals surface area contributed by atoms with Crippen LogP contribution in [0.1, 0.15) is 30.7 Å². The summed E-state index contributed by atoms with van der Waals surface area (Å²) in [7, 11) is 0. The third kappa shape index (κ3) is 3.81. The number of para-hydroxylation sites is 1. The average molecular weight is 270 g/mol. The maximum atomic E-state index is 6.07. The van der Waals surface area contributed by atoms with Crippen LogP contribution in [0.4, 0.5) is 0 Å². The largest absolute Gasteiger partial charge is 0.457 e. The molecule has 3 heteroatoms. The van der Waals surface area contributed by atoms with Gasteiger partial charge < -0.3 is 10.1 Å². The Labute approximate surface area is 121 Å². The highest BCUT2D eigenvalue weighted by molar-refractivity contribution is 5.40. The summed E-state index contributed by atoms with van der Waals surface area (Å²) in [5, 5.41) is 3.40. The van der Waals surface area contributed by atoms with Crippen LogP contribution in [0.25, 0.3) is 0 Å². The smallest absolute Gasteiger partial charge is 0.135 e. The number of aryl methyl sites for hydroxylation is 2. The van der Waals surface area contributed by atoms with E-state index < -0.39 is 0 Å². The van der Waals surface area contributed by atoms with Gasteiger partial charge in [0.05, 0.1) is 0 Å². The first-order valence-corrected chi connectivity index (χ1v) is 6.98. The minimum Gasteiger partial charge on any atom is -0.457 e. The zero-order valence-corrected chi connectivity index (χ0v) is 12.6. The maximum Gasteiger partial charge on any atom is 0.135 e. The molecule has 0 atom stereocenters. The third-order valence-corrected chi connectivity index (χ3v) is 3.09. The number of ether oxygens (including phenoxy) is 1. The molecule has 106 valence electrons. The monoisotopic (exact) mass is 270 g/mol. The minimum absolute atomic E-state index is 0.433. The predicted octanol–water partition coefficient (Wildman–Crippen LogP) is 3.99. The number of pyridine rings is 1. The van der Waals surface area contributed by atoms with Crippen molar-refractivity contribution in [3.63, 3.8) is 0 Å². The van der Waals surface area contributed by atoms with E-state index >= 15 is 0 Å². The molecule has 0 fully saturated rings. The number of aromatic nitrogens is 1. The van der Waals surface area contributed by atoms with Gasteiger partial charge >= 0.3 is 0 Å². The molecular formula is C17H22N2O. The van der Waals surface area contributed by atoms with Gasteiger partial charge in [0.25, 0.3) is 0 Å². The lowest BCUT2D eigenvalue weighted by Crippen LogP contribution is -2.22. The predicted molar refractivity (Wildman–Crippen MR) is 82.2 cm³/mol. The molecule has 0 aliphatic heterocycles. The van der Waals surface area contributed by atoms with Crippen LogP contribution in [0, 0.1) is 13.8 Å². The molecule has 0 saturated carbocycles. The molecule has 0 aliphatic rings. The van der Waals surface area contributed by atoms with Gasteiger partial charge in [0.2, 0.25) is 0 Å². The van der Waals surface area contributed by atoms with Crippen molar-refractivity contribution >= 4 is 0 Å². The topological polar surface area (TPSA) is 34.1 Å². The first-order valence-electron chi connectivity index (χ1n) is 6.98.